The van der Waals surface area contributed by atoms with Gasteiger partial charge in [-0.2, -0.15) is 11.3 Å². The summed E-state index contributed by atoms with van der Waals surface area (Å²) >= 11 is 3.39. The van der Waals surface area contributed by atoms with Crippen molar-refractivity contribution in [3.05, 3.63) is 51.5 Å². The zero-order valence-corrected chi connectivity index (χ0v) is 18.7. The summed E-state index contributed by atoms with van der Waals surface area (Å²) < 4.78 is 5.34. The Morgan fingerprint density at radius 1 is 1.13 bits per heavy atom. The van der Waals surface area contributed by atoms with Gasteiger partial charge in [-0.3, -0.25) is 4.79 Å². The van der Waals surface area contributed by atoms with Gasteiger partial charge in [0.1, 0.15) is 5.75 Å². The second-order valence-electron chi connectivity index (χ2n) is 7.91. The van der Waals surface area contributed by atoms with E-state index in [9.17, 15) is 4.79 Å². The third kappa shape index (κ3) is 3.84. The highest BCUT2D eigenvalue weighted by atomic mass is 32.1. The van der Waals surface area contributed by atoms with Crippen molar-refractivity contribution < 1.29 is 9.53 Å². The smallest absolute Gasteiger partial charge is 0.226 e. The van der Waals surface area contributed by atoms with Crippen molar-refractivity contribution in [1.29, 1.82) is 0 Å². The summed E-state index contributed by atoms with van der Waals surface area (Å²) in [6, 6.07) is 8.35. The molecule has 156 valence electrons. The number of methoxy groups -OCH3 is 1. The molecular weight excluding hydrogens is 414 g/mol. The van der Waals surface area contributed by atoms with Crippen LogP contribution in [-0.4, -0.2) is 49.1 Å². The number of aryl methyl sites for hydroxylation is 1. The van der Waals surface area contributed by atoms with Crippen LogP contribution in [-0.2, 0) is 17.6 Å². The Kier molecular flexibility index (Phi) is 5.48. The van der Waals surface area contributed by atoms with E-state index < -0.39 is 0 Å². The SMILES string of the molecule is COc1ccc2c(c1)CCC(C(=O)N1CCN(c3nc(-c4ccsc4)cs3)CC1)C2. The molecule has 0 radical (unpaired) electrons. The molecule has 1 atom stereocenters. The normalized spacial score (nSPS) is 18.9. The molecule has 3 aromatic rings. The number of fused-ring (bicyclic) bond motifs is 1. The van der Waals surface area contributed by atoms with E-state index in [1.54, 1.807) is 29.8 Å². The van der Waals surface area contributed by atoms with E-state index >= 15 is 0 Å². The zero-order valence-electron chi connectivity index (χ0n) is 17.0. The summed E-state index contributed by atoms with van der Waals surface area (Å²) in [6.07, 6.45) is 2.72. The van der Waals surface area contributed by atoms with Crippen molar-refractivity contribution in [1.82, 2.24) is 9.88 Å². The van der Waals surface area contributed by atoms with Crippen LogP contribution < -0.4 is 9.64 Å². The van der Waals surface area contributed by atoms with E-state index in [0.29, 0.717) is 5.91 Å². The number of piperazine rings is 1. The van der Waals surface area contributed by atoms with Gasteiger partial charge < -0.3 is 14.5 Å². The molecule has 0 saturated carbocycles. The van der Waals surface area contributed by atoms with Gasteiger partial charge in [0.25, 0.3) is 0 Å². The Balaban J connectivity index is 1.19. The van der Waals surface area contributed by atoms with Crippen LogP contribution in [0.4, 0.5) is 5.13 Å². The summed E-state index contributed by atoms with van der Waals surface area (Å²) in [7, 11) is 1.70. The first-order valence-electron chi connectivity index (χ1n) is 10.4. The minimum absolute atomic E-state index is 0.0995. The van der Waals surface area contributed by atoms with Crippen molar-refractivity contribution in [2.45, 2.75) is 19.3 Å². The number of anilines is 1. The highest BCUT2D eigenvalue weighted by Gasteiger charge is 2.31. The Bertz CT molecular complexity index is 1020. The number of hydrogen-bond acceptors (Lipinski definition) is 6. The molecule has 7 heteroatoms. The lowest BCUT2D eigenvalue weighted by Crippen LogP contribution is -2.51. The minimum atomic E-state index is 0.0995. The lowest BCUT2D eigenvalue weighted by atomic mass is 9.83. The van der Waals surface area contributed by atoms with Gasteiger partial charge in [0.15, 0.2) is 5.13 Å². The van der Waals surface area contributed by atoms with Gasteiger partial charge in [0, 0.05) is 48.4 Å². The highest BCUT2D eigenvalue weighted by molar-refractivity contribution is 7.14. The fraction of sp³-hybridized carbons (Fsp3) is 0.391. The van der Waals surface area contributed by atoms with Gasteiger partial charge in [-0.1, -0.05) is 6.07 Å². The van der Waals surface area contributed by atoms with Gasteiger partial charge >= 0.3 is 0 Å². The molecule has 0 spiro atoms. The topological polar surface area (TPSA) is 45.7 Å². The second-order valence-corrected chi connectivity index (χ2v) is 9.53. The van der Waals surface area contributed by atoms with Crippen molar-refractivity contribution in [2.24, 2.45) is 5.92 Å². The number of carbonyl (C=O) groups excluding carboxylic acids is 1. The van der Waals surface area contributed by atoms with Gasteiger partial charge in [0.05, 0.1) is 12.8 Å². The van der Waals surface area contributed by atoms with Gasteiger partial charge in [-0.15, -0.1) is 11.3 Å². The fourth-order valence-electron chi connectivity index (χ4n) is 4.40. The highest BCUT2D eigenvalue weighted by Crippen LogP contribution is 2.31. The van der Waals surface area contributed by atoms with Crippen molar-refractivity contribution in [2.75, 3.05) is 38.2 Å². The average molecular weight is 440 g/mol. The minimum Gasteiger partial charge on any atom is -0.497 e. The van der Waals surface area contributed by atoms with Crippen LogP contribution in [0.3, 0.4) is 0 Å². The summed E-state index contributed by atoms with van der Waals surface area (Å²) in [5.41, 5.74) is 4.86. The first-order valence-corrected chi connectivity index (χ1v) is 12.2. The van der Waals surface area contributed by atoms with Crippen molar-refractivity contribution >= 4 is 33.7 Å². The summed E-state index contributed by atoms with van der Waals surface area (Å²) in [6.45, 7) is 3.25. The number of nitrogens with zero attached hydrogens (tertiary/aromatic N) is 3. The van der Waals surface area contributed by atoms with Crippen LogP contribution >= 0.6 is 22.7 Å². The van der Waals surface area contributed by atoms with E-state index in [4.69, 9.17) is 9.72 Å². The average Bonchev–Trinajstić information content (AvgIpc) is 3.50. The number of hydrogen-bond donors (Lipinski definition) is 0. The zero-order chi connectivity index (χ0) is 20.5. The quantitative estimate of drug-likeness (QED) is 0.607. The van der Waals surface area contributed by atoms with Crippen molar-refractivity contribution in [3.63, 3.8) is 0 Å². The Morgan fingerprint density at radius 2 is 2.00 bits per heavy atom. The van der Waals surface area contributed by atoms with E-state index in [-0.39, 0.29) is 5.92 Å². The Hall–Kier alpha value is -2.38. The first kappa shape index (κ1) is 19.6. The van der Waals surface area contributed by atoms with E-state index in [0.717, 1.165) is 62.0 Å². The van der Waals surface area contributed by atoms with Gasteiger partial charge in [-0.25, -0.2) is 4.98 Å². The van der Waals surface area contributed by atoms with Crippen LogP contribution in [0.1, 0.15) is 17.5 Å². The lowest BCUT2D eigenvalue weighted by Gasteiger charge is -2.37. The lowest BCUT2D eigenvalue weighted by molar-refractivity contribution is -0.136. The molecule has 1 saturated heterocycles. The molecule has 1 aromatic carbocycles. The molecule has 3 heterocycles. The molecule has 5 rings (SSSR count). The molecule has 5 nitrogen and oxygen atoms in total. The molecule has 1 fully saturated rings. The van der Waals surface area contributed by atoms with Crippen LogP contribution in [0.25, 0.3) is 11.3 Å². The maximum Gasteiger partial charge on any atom is 0.226 e. The summed E-state index contributed by atoms with van der Waals surface area (Å²) in [5.74, 6) is 1.32. The second kappa shape index (κ2) is 8.40. The van der Waals surface area contributed by atoms with Gasteiger partial charge in [0.2, 0.25) is 5.91 Å². The molecule has 1 amide bonds. The van der Waals surface area contributed by atoms with Crippen LogP contribution in [0, 0.1) is 5.92 Å². The van der Waals surface area contributed by atoms with Crippen LogP contribution in [0.15, 0.2) is 40.4 Å². The monoisotopic (exact) mass is 439 g/mol. The van der Waals surface area contributed by atoms with Crippen molar-refractivity contribution in [3.8, 4) is 17.0 Å². The Labute approximate surface area is 184 Å². The number of amides is 1. The molecule has 0 N–H and O–H groups in total. The molecule has 30 heavy (non-hydrogen) atoms. The number of benzene rings is 1. The first-order chi connectivity index (χ1) is 14.7. The number of thiophene rings is 1. The largest absolute Gasteiger partial charge is 0.497 e. The molecule has 0 bridgehead atoms. The maximum atomic E-state index is 13.2. The van der Waals surface area contributed by atoms with Gasteiger partial charge in [-0.05, 0) is 54.0 Å². The number of aromatic nitrogens is 1. The number of carbonyl (C=O) groups is 1. The van der Waals surface area contributed by atoms with E-state index in [1.165, 1.54) is 16.7 Å². The van der Waals surface area contributed by atoms with Crippen LogP contribution in [0.2, 0.25) is 0 Å². The summed E-state index contributed by atoms with van der Waals surface area (Å²) in [5, 5.41) is 7.40. The fourth-order valence-corrected chi connectivity index (χ4v) is 5.94. The maximum absolute atomic E-state index is 13.2. The predicted octanol–water partition coefficient (Wildman–Crippen LogP) is 4.33. The molecule has 1 aliphatic carbocycles. The predicted molar refractivity (Wildman–Crippen MR) is 123 cm³/mol. The van der Waals surface area contributed by atoms with E-state index in [2.05, 4.69) is 44.1 Å². The Morgan fingerprint density at radius 3 is 2.77 bits per heavy atom. The third-order valence-corrected chi connectivity index (χ3v) is 7.75. The summed E-state index contributed by atoms with van der Waals surface area (Å²) in [4.78, 5) is 22.3. The molecule has 2 aliphatic rings. The molecule has 2 aromatic heterocycles. The molecular formula is C23H25N3O2S2. The number of ether oxygens (including phenoxy) is 1. The van der Waals surface area contributed by atoms with Crippen LogP contribution in [0.5, 0.6) is 5.75 Å². The molecule has 1 aliphatic heterocycles. The number of rotatable bonds is 4. The molecule has 1 unspecified atom stereocenters. The third-order valence-electron chi connectivity index (χ3n) is 6.16. The number of thiazole rings is 1. The standard InChI is InChI=1S/C23H25N3O2S2/c1-28-20-5-4-16-12-18(3-2-17(16)13-20)22(27)25-7-9-26(10-8-25)23-24-21(15-30-23)19-6-11-29-14-19/h4-6,11,13-15,18H,2-3,7-10,12H2,1H3. The van der Waals surface area contributed by atoms with E-state index in [1.807, 2.05) is 6.07 Å².